The van der Waals surface area contributed by atoms with E-state index in [1.807, 2.05) is 0 Å². The second-order valence-electron chi connectivity index (χ2n) is 6.31. The SMILES string of the molecule is CC(=O)Nc1cccc(NC(=O)c2ccc(OCC3CCCO3)c(Br)c2)c1. The minimum Gasteiger partial charge on any atom is -0.490 e. The lowest BCUT2D eigenvalue weighted by molar-refractivity contribution is -0.114. The molecule has 0 radical (unpaired) electrons. The molecule has 7 heteroatoms. The van der Waals surface area contributed by atoms with Gasteiger partial charge in [0.2, 0.25) is 5.91 Å². The molecule has 27 heavy (non-hydrogen) atoms. The molecular weight excluding hydrogens is 412 g/mol. The van der Waals surface area contributed by atoms with E-state index in [0.29, 0.717) is 33.8 Å². The second-order valence-corrected chi connectivity index (χ2v) is 7.16. The molecule has 1 atom stereocenters. The number of carbonyl (C=O) groups is 2. The predicted octanol–water partition coefficient (Wildman–Crippen LogP) is 4.22. The van der Waals surface area contributed by atoms with Crippen LogP contribution in [0.4, 0.5) is 11.4 Å². The van der Waals surface area contributed by atoms with Crippen molar-refractivity contribution in [2.75, 3.05) is 23.8 Å². The smallest absolute Gasteiger partial charge is 0.255 e. The van der Waals surface area contributed by atoms with Gasteiger partial charge in [0.1, 0.15) is 12.4 Å². The van der Waals surface area contributed by atoms with Crippen molar-refractivity contribution in [1.29, 1.82) is 0 Å². The zero-order chi connectivity index (χ0) is 19.2. The standard InChI is InChI=1S/C20H21BrN2O4/c1-13(24)22-15-4-2-5-16(11-15)23-20(25)14-7-8-19(18(21)10-14)27-12-17-6-3-9-26-17/h2,4-5,7-8,10-11,17H,3,6,9,12H2,1H3,(H,22,24)(H,23,25). The lowest BCUT2D eigenvalue weighted by atomic mass is 10.2. The molecule has 1 aliphatic rings. The van der Waals surface area contributed by atoms with E-state index in [0.717, 1.165) is 19.4 Å². The van der Waals surface area contributed by atoms with Gasteiger partial charge >= 0.3 is 0 Å². The highest BCUT2D eigenvalue weighted by Crippen LogP contribution is 2.27. The van der Waals surface area contributed by atoms with Crippen molar-refractivity contribution in [2.24, 2.45) is 0 Å². The number of halogens is 1. The third-order valence-electron chi connectivity index (χ3n) is 4.08. The average molecular weight is 433 g/mol. The lowest BCUT2D eigenvalue weighted by Gasteiger charge is -2.13. The van der Waals surface area contributed by atoms with E-state index in [4.69, 9.17) is 9.47 Å². The van der Waals surface area contributed by atoms with E-state index >= 15 is 0 Å². The van der Waals surface area contributed by atoms with Crippen LogP contribution in [0.1, 0.15) is 30.1 Å². The molecule has 0 bridgehead atoms. The van der Waals surface area contributed by atoms with Crippen LogP contribution in [0.5, 0.6) is 5.75 Å². The summed E-state index contributed by atoms with van der Waals surface area (Å²) >= 11 is 3.46. The third-order valence-corrected chi connectivity index (χ3v) is 4.70. The van der Waals surface area contributed by atoms with Crippen LogP contribution in [0, 0.1) is 0 Å². The van der Waals surface area contributed by atoms with Crippen molar-refractivity contribution in [3.05, 3.63) is 52.5 Å². The molecule has 0 spiro atoms. The van der Waals surface area contributed by atoms with E-state index in [-0.39, 0.29) is 17.9 Å². The van der Waals surface area contributed by atoms with Crippen molar-refractivity contribution in [2.45, 2.75) is 25.9 Å². The van der Waals surface area contributed by atoms with Gasteiger partial charge in [0, 0.05) is 30.5 Å². The summed E-state index contributed by atoms with van der Waals surface area (Å²) in [7, 11) is 0. The fourth-order valence-electron chi connectivity index (χ4n) is 2.80. The van der Waals surface area contributed by atoms with E-state index in [1.54, 1.807) is 42.5 Å². The number of anilines is 2. The van der Waals surface area contributed by atoms with Gasteiger partial charge in [-0.15, -0.1) is 0 Å². The number of hydrogen-bond acceptors (Lipinski definition) is 4. The quantitative estimate of drug-likeness (QED) is 0.716. The number of amides is 2. The molecule has 2 N–H and O–H groups in total. The molecule has 1 unspecified atom stereocenters. The van der Waals surface area contributed by atoms with Crippen LogP contribution >= 0.6 is 15.9 Å². The Kier molecular flexibility index (Phi) is 6.47. The summed E-state index contributed by atoms with van der Waals surface area (Å²) < 4.78 is 12.0. The summed E-state index contributed by atoms with van der Waals surface area (Å²) in [5, 5.41) is 5.51. The molecule has 2 amide bonds. The second kappa shape index (κ2) is 9.01. The zero-order valence-electron chi connectivity index (χ0n) is 15.0. The normalized spacial score (nSPS) is 16.0. The summed E-state index contributed by atoms with van der Waals surface area (Å²) in [4.78, 5) is 23.6. The maximum atomic E-state index is 12.5. The molecule has 1 saturated heterocycles. The first-order valence-corrected chi connectivity index (χ1v) is 9.53. The highest BCUT2D eigenvalue weighted by atomic mass is 79.9. The van der Waals surface area contributed by atoms with Crippen molar-refractivity contribution in [1.82, 2.24) is 0 Å². The molecule has 2 aromatic carbocycles. The van der Waals surface area contributed by atoms with Crippen molar-refractivity contribution < 1.29 is 19.1 Å². The van der Waals surface area contributed by atoms with Gasteiger partial charge in [0.25, 0.3) is 5.91 Å². The Morgan fingerprint density at radius 3 is 2.63 bits per heavy atom. The van der Waals surface area contributed by atoms with Crippen LogP contribution in [0.3, 0.4) is 0 Å². The first-order valence-electron chi connectivity index (χ1n) is 8.74. The maximum Gasteiger partial charge on any atom is 0.255 e. The Morgan fingerprint density at radius 1 is 1.19 bits per heavy atom. The van der Waals surface area contributed by atoms with Gasteiger partial charge in [-0.25, -0.2) is 0 Å². The van der Waals surface area contributed by atoms with Crippen LogP contribution in [-0.2, 0) is 9.53 Å². The molecule has 0 aromatic heterocycles. The van der Waals surface area contributed by atoms with E-state index in [9.17, 15) is 9.59 Å². The maximum absolute atomic E-state index is 12.5. The summed E-state index contributed by atoms with van der Waals surface area (Å²) in [6, 6.07) is 12.2. The summed E-state index contributed by atoms with van der Waals surface area (Å²) in [6.45, 7) is 2.72. The average Bonchev–Trinajstić information content (AvgIpc) is 3.14. The van der Waals surface area contributed by atoms with Crippen LogP contribution in [0.25, 0.3) is 0 Å². The van der Waals surface area contributed by atoms with Crippen LogP contribution in [-0.4, -0.2) is 31.1 Å². The molecule has 1 fully saturated rings. The number of carbonyl (C=O) groups excluding carboxylic acids is 2. The summed E-state index contributed by atoms with van der Waals surface area (Å²) in [6.07, 6.45) is 2.21. The highest BCUT2D eigenvalue weighted by molar-refractivity contribution is 9.10. The Bertz CT molecular complexity index is 834. The van der Waals surface area contributed by atoms with Gasteiger partial charge in [-0.2, -0.15) is 0 Å². The molecule has 0 aliphatic carbocycles. The molecule has 142 valence electrons. The molecule has 1 heterocycles. The Balaban J connectivity index is 1.62. The molecular formula is C20H21BrN2O4. The van der Waals surface area contributed by atoms with Gasteiger partial charge < -0.3 is 20.1 Å². The Labute approximate surface area is 166 Å². The number of ether oxygens (including phenoxy) is 2. The number of benzene rings is 2. The number of hydrogen-bond donors (Lipinski definition) is 2. The van der Waals surface area contributed by atoms with Crippen molar-refractivity contribution in [3.63, 3.8) is 0 Å². The minimum atomic E-state index is -0.249. The Morgan fingerprint density at radius 2 is 1.96 bits per heavy atom. The van der Waals surface area contributed by atoms with Gasteiger partial charge in [0.05, 0.1) is 10.6 Å². The molecule has 0 saturated carbocycles. The van der Waals surface area contributed by atoms with E-state index < -0.39 is 0 Å². The third kappa shape index (κ3) is 5.55. The van der Waals surface area contributed by atoms with Gasteiger partial charge in [-0.1, -0.05) is 6.07 Å². The monoisotopic (exact) mass is 432 g/mol. The van der Waals surface area contributed by atoms with E-state index in [2.05, 4.69) is 26.6 Å². The summed E-state index contributed by atoms with van der Waals surface area (Å²) in [5.41, 5.74) is 1.72. The largest absolute Gasteiger partial charge is 0.490 e. The topological polar surface area (TPSA) is 76.7 Å². The van der Waals surface area contributed by atoms with Crippen molar-refractivity contribution in [3.8, 4) is 5.75 Å². The number of rotatable bonds is 6. The van der Waals surface area contributed by atoms with E-state index in [1.165, 1.54) is 6.92 Å². The lowest BCUT2D eigenvalue weighted by Crippen LogP contribution is -2.16. The van der Waals surface area contributed by atoms with Gasteiger partial charge in [0.15, 0.2) is 0 Å². The minimum absolute atomic E-state index is 0.135. The molecule has 2 aromatic rings. The molecule has 6 nitrogen and oxygen atoms in total. The fraction of sp³-hybridized carbons (Fsp3) is 0.300. The van der Waals surface area contributed by atoms with Crippen LogP contribution < -0.4 is 15.4 Å². The van der Waals surface area contributed by atoms with Crippen LogP contribution in [0.2, 0.25) is 0 Å². The molecule has 3 rings (SSSR count). The molecule has 1 aliphatic heterocycles. The van der Waals surface area contributed by atoms with Crippen molar-refractivity contribution >= 4 is 39.1 Å². The zero-order valence-corrected chi connectivity index (χ0v) is 16.5. The van der Waals surface area contributed by atoms with Gasteiger partial charge in [-0.3, -0.25) is 9.59 Å². The van der Waals surface area contributed by atoms with Crippen LogP contribution in [0.15, 0.2) is 46.9 Å². The summed E-state index contributed by atoms with van der Waals surface area (Å²) in [5.74, 6) is 0.261. The number of nitrogens with one attached hydrogen (secondary N) is 2. The highest BCUT2D eigenvalue weighted by Gasteiger charge is 2.17. The fourth-order valence-corrected chi connectivity index (χ4v) is 3.29. The van der Waals surface area contributed by atoms with Gasteiger partial charge in [-0.05, 0) is 65.2 Å². The first kappa shape index (κ1) is 19.4. The Hall–Kier alpha value is -2.38. The first-order chi connectivity index (χ1) is 13.0. The predicted molar refractivity (Wildman–Crippen MR) is 107 cm³/mol.